The Morgan fingerprint density at radius 1 is 1.47 bits per heavy atom. The molecule has 2 aromatic rings. The van der Waals surface area contributed by atoms with Crippen molar-refractivity contribution in [3.63, 3.8) is 0 Å². The number of esters is 1. The third-order valence-corrected chi connectivity index (χ3v) is 3.30. The Hall–Kier alpha value is -2.02. The van der Waals surface area contributed by atoms with Crippen molar-refractivity contribution in [2.75, 3.05) is 25.2 Å². The van der Waals surface area contributed by atoms with Gasteiger partial charge in [0.1, 0.15) is 11.4 Å². The van der Waals surface area contributed by atoms with Gasteiger partial charge >= 0.3 is 5.97 Å². The molecule has 1 heterocycles. The quantitative estimate of drug-likeness (QED) is 0.844. The Balaban J connectivity index is 2.64. The molecular formula is C12H13BrN4O2. The zero-order chi connectivity index (χ0) is 14.0. The highest BCUT2D eigenvalue weighted by atomic mass is 79.9. The van der Waals surface area contributed by atoms with Gasteiger partial charge in [0.2, 0.25) is 0 Å². The second-order valence-corrected chi connectivity index (χ2v) is 4.57. The molecule has 0 bridgehead atoms. The summed E-state index contributed by atoms with van der Waals surface area (Å²) in [5.41, 5.74) is 6.96. The van der Waals surface area contributed by atoms with Gasteiger partial charge in [0, 0.05) is 11.5 Å². The number of carbonyl (C=O) groups excluding carboxylic acids is 1. The smallest absolute Gasteiger partial charge is 0.345 e. The fraction of sp³-hybridized carbons (Fsp3) is 0.167. The van der Waals surface area contributed by atoms with Crippen molar-refractivity contribution in [2.24, 2.45) is 0 Å². The number of halogens is 1. The number of hydrogen-bond donors (Lipinski definition) is 2. The van der Waals surface area contributed by atoms with Gasteiger partial charge < -0.3 is 15.8 Å². The van der Waals surface area contributed by atoms with Gasteiger partial charge in [0.25, 0.3) is 0 Å². The first-order chi connectivity index (χ1) is 9.10. The minimum atomic E-state index is -0.528. The van der Waals surface area contributed by atoms with E-state index < -0.39 is 5.97 Å². The standard InChI is InChI=1S/C12H13BrN4O2/c1-15-11-9(12(18)19-2)10(14)17(16-11)8-6-4-3-5-7(8)13/h3-6H,14H2,1-2H3,(H,15,16). The number of nitrogen functional groups attached to an aromatic ring is 1. The summed E-state index contributed by atoms with van der Waals surface area (Å²) in [6.07, 6.45) is 0. The van der Waals surface area contributed by atoms with Crippen molar-refractivity contribution in [1.29, 1.82) is 0 Å². The van der Waals surface area contributed by atoms with Crippen LogP contribution in [0.4, 0.5) is 11.6 Å². The molecule has 0 spiro atoms. The van der Waals surface area contributed by atoms with Crippen LogP contribution in [-0.4, -0.2) is 29.9 Å². The second kappa shape index (κ2) is 5.31. The van der Waals surface area contributed by atoms with Gasteiger partial charge in [-0.3, -0.25) is 0 Å². The highest BCUT2D eigenvalue weighted by Gasteiger charge is 2.23. The molecule has 0 atom stereocenters. The molecule has 100 valence electrons. The Bertz CT molecular complexity index is 624. The number of nitrogens with two attached hydrogens (primary N) is 1. The average Bonchev–Trinajstić information content (AvgIpc) is 2.75. The number of nitrogens with one attached hydrogen (secondary N) is 1. The minimum absolute atomic E-state index is 0.223. The molecular weight excluding hydrogens is 312 g/mol. The largest absolute Gasteiger partial charge is 0.465 e. The summed E-state index contributed by atoms with van der Waals surface area (Å²) < 4.78 is 7.03. The van der Waals surface area contributed by atoms with Crippen molar-refractivity contribution in [1.82, 2.24) is 9.78 Å². The lowest BCUT2D eigenvalue weighted by Gasteiger charge is -2.06. The number of anilines is 2. The first-order valence-corrected chi connectivity index (χ1v) is 6.29. The zero-order valence-electron chi connectivity index (χ0n) is 10.5. The zero-order valence-corrected chi connectivity index (χ0v) is 12.1. The van der Waals surface area contributed by atoms with Crippen LogP contribution in [0, 0.1) is 0 Å². The normalized spacial score (nSPS) is 10.3. The fourth-order valence-electron chi connectivity index (χ4n) is 1.72. The first-order valence-electron chi connectivity index (χ1n) is 5.49. The maximum absolute atomic E-state index is 11.7. The molecule has 19 heavy (non-hydrogen) atoms. The fourth-order valence-corrected chi connectivity index (χ4v) is 2.17. The number of hydrogen-bond acceptors (Lipinski definition) is 5. The number of para-hydroxylation sites is 1. The number of carbonyl (C=O) groups is 1. The SMILES string of the molecule is CNc1nn(-c2ccccc2Br)c(N)c1C(=O)OC. The Labute approximate surface area is 118 Å². The summed E-state index contributed by atoms with van der Waals surface area (Å²) in [4.78, 5) is 11.7. The molecule has 7 heteroatoms. The van der Waals surface area contributed by atoms with Gasteiger partial charge in [-0.15, -0.1) is 5.10 Å². The molecule has 6 nitrogen and oxygen atoms in total. The number of rotatable bonds is 3. The predicted octanol–water partition coefficient (Wildman–Crippen LogP) is 2.05. The van der Waals surface area contributed by atoms with E-state index in [1.807, 2.05) is 24.3 Å². The molecule has 0 fully saturated rings. The molecule has 0 saturated heterocycles. The summed E-state index contributed by atoms with van der Waals surface area (Å²) in [7, 11) is 2.97. The van der Waals surface area contributed by atoms with Crippen LogP contribution in [0.15, 0.2) is 28.7 Å². The van der Waals surface area contributed by atoms with Crippen molar-refractivity contribution < 1.29 is 9.53 Å². The summed E-state index contributed by atoms with van der Waals surface area (Å²) >= 11 is 3.42. The Morgan fingerprint density at radius 3 is 2.74 bits per heavy atom. The molecule has 0 aliphatic rings. The van der Waals surface area contributed by atoms with E-state index in [1.54, 1.807) is 7.05 Å². The van der Waals surface area contributed by atoms with E-state index in [4.69, 9.17) is 10.5 Å². The van der Waals surface area contributed by atoms with Crippen LogP contribution in [0.2, 0.25) is 0 Å². The molecule has 0 unspecified atom stereocenters. The molecule has 0 radical (unpaired) electrons. The summed E-state index contributed by atoms with van der Waals surface area (Å²) in [5, 5.41) is 7.11. The van der Waals surface area contributed by atoms with Crippen LogP contribution in [0.1, 0.15) is 10.4 Å². The molecule has 3 N–H and O–H groups in total. The van der Waals surface area contributed by atoms with Crippen LogP contribution in [0.5, 0.6) is 0 Å². The van der Waals surface area contributed by atoms with Crippen molar-refractivity contribution in [3.05, 3.63) is 34.3 Å². The summed E-state index contributed by atoms with van der Waals surface area (Å²) in [5.74, 6) is 0.0726. The van der Waals surface area contributed by atoms with E-state index in [-0.39, 0.29) is 11.4 Å². The summed E-state index contributed by atoms with van der Waals surface area (Å²) in [6.45, 7) is 0. The number of benzene rings is 1. The highest BCUT2D eigenvalue weighted by molar-refractivity contribution is 9.10. The highest BCUT2D eigenvalue weighted by Crippen LogP contribution is 2.28. The topological polar surface area (TPSA) is 82.2 Å². The molecule has 0 aliphatic carbocycles. The third-order valence-electron chi connectivity index (χ3n) is 2.63. The monoisotopic (exact) mass is 324 g/mol. The molecule has 0 saturated carbocycles. The predicted molar refractivity (Wildman–Crippen MR) is 76.6 cm³/mol. The van der Waals surface area contributed by atoms with Gasteiger partial charge in [0.05, 0.1) is 12.8 Å². The molecule has 1 aromatic heterocycles. The second-order valence-electron chi connectivity index (χ2n) is 3.71. The van der Waals surface area contributed by atoms with Crippen molar-refractivity contribution in [3.8, 4) is 5.69 Å². The van der Waals surface area contributed by atoms with E-state index >= 15 is 0 Å². The van der Waals surface area contributed by atoms with Gasteiger partial charge in [-0.05, 0) is 28.1 Å². The van der Waals surface area contributed by atoms with Crippen LogP contribution < -0.4 is 11.1 Å². The van der Waals surface area contributed by atoms with E-state index in [2.05, 4.69) is 26.3 Å². The lowest BCUT2D eigenvalue weighted by molar-refractivity contribution is 0.0603. The van der Waals surface area contributed by atoms with Crippen LogP contribution in [0.3, 0.4) is 0 Å². The van der Waals surface area contributed by atoms with Gasteiger partial charge in [-0.25, -0.2) is 9.48 Å². The van der Waals surface area contributed by atoms with Crippen LogP contribution >= 0.6 is 15.9 Å². The molecule has 1 aromatic carbocycles. The van der Waals surface area contributed by atoms with E-state index in [0.29, 0.717) is 5.82 Å². The maximum Gasteiger partial charge on any atom is 0.345 e. The Kier molecular flexibility index (Phi) is 3.75. The first kappa shape index (κ1) is 13.4. The van der Waals surface area contributed by atoms with E-state index in [9.17, 15) is 4.79 Å². The lowest BCUT2D eigenvalue weighted by atomic mass is 10.3. The van der Waals surface area contributed by atoms with Gasteiger partial charge in [-0.1, -0.05) is 12.1 Å². The average molecular weight is 325 g/mol. The third kappa shape index (κ3) is 2.28. The summed E-state index contributed by atoms with van der Waals surface area (Å²) in [6, 6.07) is 7.45. The van der Waals surface area contributed by atoms with E-state index in [0.717, 1.165) is 10.2 Å². The van der Waals surface area contributed by atoms with Crippen molar-refractivity contribution in [2.45, 2.75) is 0 Å². The van der Waals surface area contributed by atoms with Gasteiger partial charge in [-0.2, -0.15) is 0 Å². The van der Waals surface area contributed by atoms with E-state index in [1.165, 1.54) is 11.8 Å². The number of nitrogens with zero attached hydrogens (tertiary/aromatic N) is 2. The molecule has 0 amide bonds. The minimum Gasteiger partial charge on any atom is -0.465 e. The van der Waals surface area contributed by atoms with Crippen LogP contribution in [-0.2, 0) is 4.74 Å². The lowest BCUT2D eigenvalue weighted by Crippen LogP contribution is -2.08. The Morgan fingerprint density at radius 2 is 2.16 bits per heavy atom. The maximum atomic E-state index is 11.7. The molecule has 0 aliphatic heterocycles. The van der Waals surface area contributed by atoms with Gasteiger partial charge in [0.15, 0.2) is 5.82 Å². The number of methoxy groups -OCH3 is 1. The van der Waals surface area contributed by atoms with Crippen LogP contribution in [0.25, 0.3) is 5.69 Å². The number of ether oxygens (including phenoxy) is 1. The van der Waals surface area contributed by atoms with Crippen molar-refractivity contribution >= 4 is 33.5 Å². The molecule has 2 rings (SSSR count). The number of aromatic nitrogens is 2.